The Kier molecular flexibility index (Phi) is 5.06. The highest BCUT2D eigenvalue weighted by Crippen LogP contribution is 2.28. The van der Waals surface area contributed by atoms with E-state index < -0.39 is 0 Å². The van der Waals surface area contributed by atoms with Gasteiger partial charge in [0, 0.05) is 46.4 Å². The lowest BCUT2D eigenvalue weighted by Crippen LogP contribution is -2.37. The van der Waals surface area contributed by atoms with E-state index in [4.69, 9.17) is 4.42 Å². The molecule has 5 nitrogen and oxygen atoms in total. The van der Waals surface area contributed by atoms with Gasteiger partial charge < -0.3 is 14.6 Å². The highest BCUT2D eigenvalue weighted by molar-refractivity contribution is 9.10. The van der Waals surface area contributed by atoms with Crippen LogP contribution in [-0.2, 0) is 17.8 Å². The average Bonchev–Trinajstić information content (AvgIpc) is 3.25. The van der Waals surface area contributed by atoms with E-state index in [1.54, 1.807) is 11.3 Å². The van der Waals surface area contributed by atoms with Gasteiger partial charge in [0.25, 0.3) is 5.91 Å². The van der Waals surface area contributed by atoms with Gasteiger partial charge in [-0.3, -0.25) is 9.59 Å². The standard InChI is InChI=1S/C20H19BrN2O3S/c1-12-15-10-14(21)2-3-16(15)26-19(12)20(25)22-7-4-18(24)23-8-5-17-13(11-23)6-9-27-17/h2-3,6,9-10H,4-5,7-8,11H2,1H3,(H,22,25). The van der Waals surface area contributed by atoms with Crippen molar-refractivity contribution in [3.63, 3.8) is 0 Å². The molecule has 7 heteroatoms. The fraction of sp³-hybridized carbons (Fsp3) is 0.300. The zero-order valence-electron chi connectivity index (χ0n) is 14.9. The normalized spacial score (nSPS) is 13.6. The largest absolute Gasteiger partial charge is 0.451 e. The fourth-order valence-electron chi connectivity index (χ4n) is 3.39. The topological polar surface area (TPSA) is 62.6 Å². The van der Waals surface area contributed by atoms with Crippen molar-refractivity contribution in [1.29, 1.82) is 0 Å². The molecule has 0 saturated heterocycles. The first-order chi connectivity index (χ1) is 13.0. The van der Waals surface area contributed by atoms with Crippen LogP contribution in [0.15, 0.2) is 38.5 Å². The molecule has 0 aliphatic carbocycles. The number of carbonyl (C=O) groups excluding carboxylic acids is 2. The van der Waals surface area contributed by atoms with Crippen molar-refractivity contribution < 1.29 is 14.0 Å². The molecule has 27 heavy (non-hydrogen) atoms. The highest BCUT2D eigenvalue weighted by Gasteiger charge is 2.22. The second kappa shape index (κ2) is 7.48. The van der Waals surface area contributed by atoms with Crippen LogP contribution in [0.5, 0.6) is 0 Å². The third kappa shape index (κ3) is 3.66. The quantitative estimate of drug-likeness (QED) is 0.650. The zero-order valence-corrected chi connectivity index (χ0v) is 17.3. The molecular weight excluding hydrogens is 428 g/mol. The van der Waals surface area contributed by atoms with Gasteiger partial charge in [0.15, 0.2) is 5.76 Å². The number of furan rings is 1. The lowest BCUT2D eigenvalue weighted by atomic mass is 10.1. The summed E-state index contributed by atoms with van der Waals surface area (Å²) < 4.78 is 6.63. The van der Waals surface area contributed by atoms with E-state index in [-0.39, 0.29) is 18.2 Å². The molecule has 0 fully saturated rings. The van der Waals surface area contributed by atoms with Crippen molar-refractivity contribution in [3.8, 4) is 0 Å². The van der Waals surface area contributed by atoms with Crippen LogP contribution < -0.4 is 5.32 Å². The van der Waals surface area contributed by atoms with Gasteiger partial charge in [-0.05, 0) is 48.6 Å². The number of thiophene rings is 1. The number of benzene rings is 1. The van der Waals surface area contributed by atoms with Crippen LogP contribution in [0.4, 0.5) is 0 Å². The molecule has 0 radical (unpaired) electrons. The summed E-state index contributed by atoms with van der Waals surface area (Å²) in [5.74, 6) is 0.0835. The lowest BCUT2D eigenvalue weighted by molar-refractivity contribution is -0.131. The van der Waals surface area contributed by atoms with Crippen molar-refractivity contribution in [1.82, 2.24) is 10.2 Å². The molecule has 3 aromatic rings. The number of hydrogen-bond donors (Lipinski definition) is 1. The molecular formula is C20H19BrN2O3S. The van der Waals surface area contributed by atoms with Gasteiger partial charge in [-0.25, -0.2) is 0 Å². The number of rotatable bonds is 4. The fourth-order valence-corrected chi connectivity index (χ4v) is 4.64. The van der Waals surface area contributed by atoms with Crippen molar-refractivity contribution in [3.05, 3.63) is 55.9 Å². The van der Waals surface area contributed by atoms with E-state index in [2.05, 4.69) is 32.7 Å². The maximum absolute atomic E-state index is 12.5. The van der Waals surface area contributed by atoms with E-state index in [1.807, 2.05) is 30.0 Å². The highest BCUT2D eigenvalue weighted by atomic mass is 79.9. The summed E-state index contributed by atoms with van der Waals surface area (Å²) >= 11 is 5.19. The predicted molar refractivity (Wildman–Crippen MR) is 109 cm³/mol. The Bertz CT molecular complexity index is 1020. The smallest absolute Gasteiger partial charge is 0.287 e. The van der Waals surface area contributed by atoms with Crippen LogP contribution >= 0.6 is 27.3 Å². The summed E-state index contributed by atoms with van der Waals surface area (Å²) in [6.07, 6.45) is 1.20. The predicted octanol–water partition coefficient (Wildman–Crippen LogP) is 4.27. The second-order valence-electron chi connectivity index (χ2n) is 6.64. The average molecular weight is 447 g/mol. The number of carbonyl (C=O) groups is 2. The third-order valence-electron chi connectivity index (χ3n) is 4.89. The van der Waals surface area contributed by atoms with Crippen LogP contribution in [0.3, 0.4) is 0 Å². The van der Waals surface area contributed by atoms with E-state index in [0.717, 1.165) is 28.4 Å². The van der Waals surface area contributed by atoms with Gasteiger partial charge >= 0.3 is 0 Å². The van der Waals surface area contributed by atoms with Crippen molar-refractivity contribution in [2.45, 2.75) is 26.3 Å². The van der Waals surface area contributed by atoms with E-state index >= 15 is 0 Å². The van der Waals surface area contributed by atoms with Gasteiger partial charge in [0.05, 0.1) is 0 Å². The number of amides is 2. The number of fused-ring (bicyclic) bond motifs is 2. The van der Waals surface area contributed by atoms with Gasteiger partial charge in [-0.15, -0.1) is 11.3 Å². The molecule has 1 aliphatic rings. The molecule has 0 atom stereocenters. The van der Waals surface area contributed by atoms with E-state index in [1.165, 1.54) is 10.4 Å². The molecule has 2 amide bonds. The number of aryl methyl sites for hydroxylation is 1. The second-order valence-corrected chi connectivity index (χ2v) is 8.55. The number of halogens is 1. The number of hydrogen-bond acceptors (Lipinski definition) is 4. The number of nitrogens with zero attached hydrogens (tertiary/aromatic N) is 1. The van der Waals surface area contributed by atoms with Crippen LogP contribution in [0.25, 0.3) is 11.0 Å². The van der Waals surface area contributed by atoms with E-state index in [0.29, 0.717) is 24.4 Å². The minimum Gasteiger partial charge on any atom is -0.451 e. The first-order valence-corrected chi connectivity index (χ1v) is 10.5. The van der Waals surface area contributed by atoms with Crippen LogP contribution in [-0.4, -0.2) is 29.8 Å². The Hall–Kier alpha value is -2.12. The Morgan fingerprint density at radius 1 is 1.33 bits per heavy atom. The molecule has 0 bridgehead atoms. The van der Waals surface area contributed by atoms with Crippen LogP contribution in [0, 0.1) is 6.92 Å². The molecule has 0 spiro atoms. The Morgan fingerprint density at radius 3 is 3.04 bits per heavy atom. The van der Waals surface area contributed by atoms with Gasteiger partial charge in [0.2, 0.25) is 5.91 Å². The Morgan fingerprint density at radius 2 is 2.19 bits per heavy atom. The molecule has 1 N–H and O–H groups in total. The summed E-state index contributed by atoms with van der Waals surface area (Å²) in [5, 5.41) is 5.79. The zero-order chi connectivity index (χ0) is 19.0. The summed E-state index contributed by atoms with van der Waals surface area (Å²) in [7, 11) is 0. The molecule has 0 unspecified atom stereocenters. The minimum atomic E-state index is -0.286. The van der Waals surface area contributed by atoms with Crippen molar-refractivity contribution >= 4 is 50.1 Å². The summed E-state index contributed by atoms with van der Waals surface area (Å²) in [6, 6.07) is 7.73. The van der Waals surface area contributed by atoms with Crippen molar-refractivity contribution in [2.24, 2.45) is 0 Å². The van der Waals surface area contributed by atoms with Crippen molar-refractivity contribution in [2.75, 3.05) is 13.1 Å². The Labute approximate surface area is 169 Å². The Balaban J connectivity index is 1.35. The molecule has 3 heterocycles. The molecule has 1 aliphatic heterocycles. The first-order valence-electron chi connectivity index (χ1n) is 8.83. The first kappa shape index (κ1) is 18.3. The summed E-state index contributed by atoms with van der Waals surface area (Å²) in [6.45, 7) is 3.58. The minimum absolute atomic E-state index is 0.0670. The third-order valence-corrected chi connectivity index (χ3v) is 6.41. The molecule has 4 rings (SSSR count). The van der Waals surface area contributed by atoms with Gasteiger partial charge in [-0.1, -0.05) is 15.9 Å². The maximum Gasteiger partial charge on any atom is 0.287 e. The molecule has 1 aromatic carbocycles. The SMILES string of the molecule is Cc1c(C(=O)NCCC(=O)N2CCc3sccc3C2)oc2ccc(Br)cc12. The maximum atomic E-state index is 12.5. The molecule has 0 saturated carbocycles. The molecule has 2 aromatic heterocycles. The number of nitrogens with one attached hydrogen (secondary N) is 1. The van der Waals surface area contributed by atoms with Gasteiger partial charge in [0.1, 0.15) is 5.58 Å². The summed E-state index contributed by atoms with van der Waals surface area (Å²) in [4.78, 5) is 28.1. The van der Waals surface area contributed by atoms with E-state index in [9.17, 15) is 9.59 Å². The summed E-state index contributed by atoms with van der Waals surface area (Å²) in [5.41, 5.74) is 2.72. The van der Waals surface area contributed by atoms with Crippen LogP contribution in [0.1, 0.15) is 33.0 Å². The lowest BCUT2D eigenvalue weighted by Gasteiger charge is -2.27. The van der Waals surface area contributed by atoms with Gasteiger partial charge in [-0.2, -0.15) is 0 Å². The van der Waals surface area contributed by atoms with Crippen LogP contribution in [0.2, 0.25) is 0 Å². The molecule has 140 valence electrons. The monoisotopic (exact) mass is 446 g/mol.